The molecule has 1 aromatic carbocycles. The molecule has 0 saturated heterocycles. The minimum absolute atomic E-state index is 0.236. The number of pyridine rings is 1. The highest BCUT2D eigenvalue weighted by Crippen LogP contribution is 2.07. The fraction of sp³-hybridized carbons (Fsp3) is 0.211. The average Bonchev–Trinajstić information content (AvgIpc) is 3.20. The third kappa shape index (κ3) is 4.89. The summed E-state index contributed by atoms with van der Waals surface area (Å²) in [7, 11) is 0. The molecule has 0 aliphatic heterocycles. The third-order valence-electron chi connectivity index (χ3n) is 3.69. The minimum Gasteiger partial charge on any atom is -0.357 e. The van der Waals surface area contributed by atoms with Gasteiger partial charge in [0.05, 0.1) is 6.54 Å². The van der Waals surface area contributed by atoms with Gasteiger partial charge in [-0.1, -0.05) is 12.1 Å². The summed E-state index contributed by atoms with van der Waals surface area (Å²) < 4.78 is 14.7. The molecule has 6 nitrogen and oxygen atoms in total. The lowest BCUT2D eigenvalue weighted by atomic mass is 10.2. The molecule has 3 rings (SSSR count). The molecule has 0 fully saturated rings. The van der Waals surface area contributed by atoms with Crippen LogP contribution in [0.5, 0.6) is 0 Å². The number of guanidine groups is 1. The maximum absolute atomic E-state index is 13.0. The largest absolute Gasteiger partial charge is 0.357 e. The second-order valence-corrected chi connectivity index (χ2v) is 5.65. The molecule has 2 heterocycles. The summed E-state index contributed by atoms with van der Waals surface area (Å²) in [5.74, 6) is 1.22. The molecule has 0 radical (unpaired) electrons. The summed E-state index contributed by atoms with van der Waals surface area (Å²) in [5, 5.41) is 10.6. The molecule has 3 aromatic rings. The molecular weight excluding hydrogens is 331 g/mol. The van der Waals surface area contributed by atoms with E-state index >= 15 is 0 Å². The zero-order chi connectivity index (χ0) is 18.2. The van der Waals surface area contributed by atoms with Crippen molar-refractivity contribution < 1.29 is 4.39 Å². The molecule has 0 amide bonds. The van der Waals surface area contributed by atoms with Crippen molar-refractivity contribution in [2.24, 2.45) is 4.99 Å². The quantitative estimate of drug-likeness (QED) is 0.529. The molecule has 134 valence electrons. The third-order valence-corrected chi connectivity index (χ3v) is 3.69. The standard InChI is InChI=1S/C19H21FN6/c1-2-21-19(23-13-15-4-6-17(20)7-5-15)24-14-16-8-10-22-18(12-16)26-11-3-9-25-26/h3-12H,2,13-14H2,1H3,(H2,21,23,24). The predicted molar refractivity (Wildman–Crippen MR) is 99.4 cm³/mol. The van der Waals surface area contributed by atoms with Gasteiger partial charge in [0.1, 0.15) is 5.82 Å². The first-order valence-electron chi connectivity index (χ1n) is 8.46. The van der Waals surface area contributed by atoms with Crippen LogP contribution in [0.1, 0.15) is 18.1 Å². The number of nitrogens with zero attached hydrogens (tertiary/aromatic N) is 4. The first-order valence-corrected chi connectivity index (χ1v) is 8.46. The minimum atomic E-state index is -0.236. The number of halogens is 1. The van der Waals surface area contributed by atoms with Crippen molar-refractivity contribution in [3.63, 3.8) is 0 Å². The zero-order valence-corrected chi connectivity index (χ0v) is 14.6. The van der Waals surface area contributed by atoms with E-state index in [0.29, 0.717) is 19.0 Å². The fourth-order valence-electron chi connectivity index (χ4n) is 2.39. The van der Waals surface area contributed by atoms with E-state index < -0.39 is 0 Å². The van der Waals surface area contributed by atoms with Crippen LogP contribution in [0.25, 0.3) is 5.82 Å². The molecule has 0 unspecified atom stereocenters. The smallest absolute Gasteiger partial charge is 0.191 e. The van der Waals surface area contributed by atoms with Gasteiger partial charge in [-0.25, -0.2) is 19.0 Å². The van der Waals surface area contributed by atoms with Crippen molar-refractivity contribution in [3.05, 3.63) is 78.0 Å². The predicted octanol–water partition coefficient (Wildman–Crippen LogP) is 2.66. The highest BCUT2D eigenvalue weighted by atomic mass is 19.1. The maximum Gasteiger partial charge on any atom is 0.191 e. The van der Waals surface area contributed by atoms with Crippen LogP contribution in [0.3, 0.4) is 0 Å². The van der Waals surface area contributed by atoms with Crippen molar-refractivity contribution >= 4 is 5.96 Å². The number of benzene rings is 1. The van der Waals surface area contributed by atoms with E-state index in [9.17, 15) is 4.39 Å². The van der Waals surface area contributed by atoms with Gasteiger partial charge in [0.15, 0.2) is 11.8 Å². The molecule has 0 aliphatic rings. The molecule has 2 aromatic heterocycles. The summed E-state index contributed by atoms with van der Waals surface area (Å²) >= 11 is 0. The molecule has 0 spiro atoms. The summed E-state index contributed by atoms with van der Waals surface area (Å²) in [5.41, 5.74) is 2.02. The summed E-state index contributed by atoms with van der Waals surface area (Å²) in [6.07, 6.45) is 5.32. The van der Waals surface area contributed by atoms with Crippen LogP contribution in [0.4, 0.5) is 4.39 Å². The molecule has 26 heavy (non-hydrogen) atoms. The lowest BCUT2D eigenvalue weighted by Crippen LogP contribution is -2.36. The zero-order valence-electron chi connectivity index (χ0n) is 14.6. The van der Waals surface area contributed by atoms with Gasteiger partial charge in [-0.15, -0.1) is 0 Å². The van der Waals surface area contributed by atoms with Crippen LogP contribution in [0.15, 0.2) is 66.0 Å². The van der Waals surface area contributed by atoms with Crippen molar-refractivity contribution in [2.75, 3.05) is 6.54 Å². The number of hydrogen-bond donors (Lipinski definition) is 2. The second kappa shape index (κ2) is 8.75. The number of aromatic nitrogens is 3. The van der Waals surface area contributed by atoms with Gasteiger partial charge in [0.2, 0.25) is 0 Å². The topological polar surface area (TPSA) is 67.1 Å². The Kier molecular flexibility index (Phi) is 5.92. The van der Waals surface area contributed by atoms with E-state index in [2.05, 4.69) is 25.7 Å². The fourth-order valence-corrected chi connectivity index (χ4v) is 2.39. The Bertz CT molecular complexity index is 843. The molecule has 2 N–H and O–H groups in total. The van der Waals surface area contributed by atoms with Gasteiger partial charge >= 0.3 is 0 Å². The van der Waals surface area contributed by atoms with Gasteiger partial charge in [-0.2, -0.15) is 5.10 Å². The van der Waals surface area contributed by atoms with E-state index in [1.807, 2.05) is 31.3 Å². The highest BCUT2D eigenvalue weighted by Gasteiger charge is 2.02. The van der Waals surface area contributed by atoms with Crippen LogP contribution in [0.2, 0.25) is 0 Å². The Hall–Kier alpha value is -3.22. The number of rotatable bonds is 6. The highest BCUT2D eigenvalue weighted by molar-refractivity contribution is 5.79. The van der Waals surface area contributed by atoms with E-state index in [4.69, 9.17) is 0 Å². The normalized spacial score (nSPS) is 11.4. The van der Waals surface area contributed by atoms with E-state index in [1.165, 1.54) is 12.1 Å². The lowest BCUT2D eigenvalue weighted by Gasteiger charge is -2.11. The van der Waals surface area contributed by atoms with E-state index in [-0.39, 0.29) is 5.82 Å². The Morgan fingerprint density at radius 2 is 1.96 bits per heavy atom. The van der Waals surface area contributed by atoms with Crippen LogP contribution >= 0.6 is 0 Å². The number of hydrogen-bond acceptors (Lipinski definition) is 3. The van der Waals surface area contributed by atoms with Gasteiger partial charge in [-0.3, -0.25) is 0 Å². The van der Waals surface area contributed by atoms with Crippen molar-refractivity contribution in [1.29, 1.82) is 0 Å². The summed E-state index contributed by atoms with van der Waals surface area (Å²) in [4.78, 5) is 8.92. The van der Waals surface area contributed by atoms with E-state index in [0.717, 1.165) is 23.5 Å². The summed E-state index contributed by atoms with van der Waals surface area (Å²) in [6, 6.07) is 12.2. The van der Waals surface area contributed by atoms with Crippen LogP contribution in [0, 0.1) is 5.82 Å². The van der Waals surface area contributed by atoms with Gasteiger partial charge in [0, 0.05) is 31.7 Å². The van der Waals surface area contributed by atoms with Crippen molar-refractivity contribution in [2.45, 2.75) is 20.0 Å². The van der Waals surface area contributed by atoms with Crippen LogP contribution in [-0.4, -0.2) is 27.3 Å². The van der Waals surface area contributed by atoms with Crippen molar-refractivity contribution in [1.82, 2.24) is 25.4 Å². The Morgan fingerprint density at radius 1 is 1.12 bits per heavy atom. The lowest BCUT2D eigenvalue weighted by molar-refractivity contribution is 0.626. The molecule has 7 heteroatoms. The Balaban J connectivity index is 1.65. The maximum atomic E-state index is 13.0. The van der Waals surface area contributed by atoms with Gasteiger partial charge in [-0.05, 0) is 48.4 Å². The number of nitrogens with one attached hydrogen (secondary N) is 2. The SMILES string of the molecule is CCNC(=NCc1ccnc(-n2cccn2)c1)NCc1ccc(F)cc1. The first-order chi connectivity index (χ1) is 12.7. The van der Waals surface area contributed by atoms with Gasteiger partial charge < -0.3 is 10.6 Å². The van der Waals surface area contributed by atoms with Crippen LogP contribution < -0.4 is 10.6 Å². The Labute approximate surface area is 151 Å². The molecule has 0 saturated carbocycles. The Morgan fingerprint density at radius 3 is 2.69 bits per heavy atom. The number of aliphatic imine (C=N–C) groups is 1. The summed E-state index contributed by atoms with van der Waals surface area (Å²) in [6.45, 7) is 3.85. The van der Waals surface area contributed by atoms with Crippen molar-refractivity contribution in [3.8, 4) is 5.82 Å². The van der Waals surface area contributed by atoms with E-state index in [1.54, 1.807) is 29.2 Å². The first kappa shape index (κ1) is 17.6. The monoisotopic (exact) mass is 352 g/mol. The molecular formula is C19H21FN6. The average molecular weight is 352 g/mol. The second-order valence-electron chi connectivity index (χ2n) is 5.65. The molecule has 0 bridgehead atoms. The molecule has 0 aliphatic carbocycles. The molecule has 0 atom stereocenters. The van der Waals surface area contributed by atoms with Gasteiger partial charge in [0.25, 0.3) is 0 Å². The van der Waals surface area contributed by atoms with Crippen LogP contribution in [-0.2, 0) is 13.1 Å².